The molecule has 0 aliphatic heterocycles. The van der Waals surface area contributed by atoms with Crippen LogP contribution in [0.4, 0.5) is 0 Å². The summed E-state index contributed by atoms with van der Waals surface area (Å²) >= 11 is 1.47. The highest BCUT2D eigenvalue weighted by Crippen LogP contribution is 2.33. The minimum Gasteiger partial charge on any atom is -0.349 e. The van der Waals surface area contributed by atoms with Crippen molar-refractivity contribution in [2.24, 2.45) is 0 Å². The fraction of sp³-hybridized carbons (Fsp3) is 0.455. The van der Waals surface area contributed by atoms with Gasteiger partial charge in [-0.15, -0.1) is 11.3 Å². The highest BCUT2D eigenvalue weighted by Gasteiger charge is 2.27. The van der Waals surface area contributed by atoms with E-state index in [4.69, 9.17) is 0 Å². The van der Waals surface area contributed by atoms with Crippen LogP contribution in [0.25, 0.3) is 0 Å². The first-order valence-electron chi connectivity index (χ1n) is 5.12. The fourth-order valence-corrected chi connectivity index (χ4v) is 2.74. The van der Waals surface area contributed by atoms with Crippen molar-refractivity contribution in [3.63, 3.8) is 0 Å². The third kappa shape index (κ3) is 1.95. The van der Waals surface area contributed by atoms with E-state index in [1.165, 1.54) is 11.3 Å². The SMILES string of the molecule is CCC(=O)NC1CCC(=O)c2sccc21. The van der Waals surface area contributed by atoms with Gasteiger partial charge in [0.25, 0.3) is 0 Å². The number of nitrogens with one attached hydrogen (secondary N) is 1. The second kappa shape index (κ2) is 4.14. The first kappa shape index (κ1) is 10.4. The molecular formula is C11H13NO2S. The predicted molar refractivity (Wildman–Crippen MR) is 59.1 cm³/mol. The fourth-order valence-electron chi connectivity index (χ4n) is 1.81. The number of carbonyl (C=O) groups is 2. The van der Waals surface area contributed by atoms with Gasteiger partial charge >= 0.3 is 0 Å². The Morgan fingerprint density at radius 1 is 1.67 bits per heavy atom. The maximum atomic E-state index is 11.5. The minimum absolute atomic E-state index is 0.0383. The summed E-state index contributed by atoms with van der Waals surface area (Å²) in [5, 5.41) is 4.86. The first-order valence-corrected chi connectivity index (χ1v) is 6.00. The van der Waals surface area contributed by atoms with E-state index in [-0.39, 0.29) is 17.7 Å². The molecule has 1 aromatic heterocycles. The number of hydrogen-bond acceptors (Lipinski definition) is 3. The van der Waals surface area contributed by atoms with Gasteiger partial charge in [-0.05, 0) is 23.4 Å². The Balaban J connectivity index is 2.21. The molecule has 0 aromatic carbocycles. The van der Waals surface area contributed by atoms with Gasteiger partial charge in [0.1, 0.15) is 0 Å². The molecular weight excluding hydrogens is 210 g/mol. The molecule has 1 heterocycles. The number of carbonyl (C=O) groups excluding carboxylic acids is 2. The standard InChI is InChI=1S/C11H13NO2S/c1-2-10(14)12-8-3-4-9(13)11-7(8)5-6-15-11/h5-6,8H,2-4H2,1H3,(H,12,14). The van der Waals surface area contributed by atoms with Crippen molar-refractivity contribution < 1.29 is 9.59 Å². The number of thiophene rings is 1. The van der Waals surface area contributed by atoms with E-state index >= 15 is 0 Å². The molecule has 0 spiro atoms. The number of amides is 1. The summed E-state index contributed by atoms with van der Waals surface area (Å²) < 4.78 is 0. The number of ketones is 1. The Kier molecular flexibility index (Phi) is 2.86. The summed E-state index contributed by atoms with van der Waals surface area (Å²) in [5.74, 6) is 0.258. The van der Waals surface area contributed by atoms with Gasteiger partial charge in [0.05, 0.1) is 10.9 Å². The quantitative estimate of drug-likeness (QED) is 0.836. The molecule has 1 unspecified atom stereocenters. The molecule has 2 rings (SSSR count). The zero-order valence-electron chi connectivity index (χ0n) is 8.58. The number of Topliss-reactive ketones (excluding diaryl/α,β-unsaturated/α-hetero) is 1. The van der Waals surface area contributed by atoms with E-state index in [0.29, 0.717) is 12.8 Å². The average Bonchev–Trinajstić information content (AvgIpc) is 2.71. The highest BCUT2D eigenvalue weighted by molar-refractivity contribution is 7.12. The predicted octanol–water partition coefficient (Wildman–Crippen LogP) is 2.29. The maximum absolute atomic E-state index is 11.5. The van der Waals surface area contributed by atoms with Crippen molar-refractivity contribution in [1.29, 1.82) is 0 Å². The lowest BCUT2D eigenvalue weighted by Crippen LogP contribution is -2.30. The summed E-state index contributed by atoms with van der Waals surface area (Å²) in [6, 6.07) is 1.98. The van der Waals surface area contributed by atoms with Crippen LogP contribution in [0, 0.1) is 0 Å². The summed E-state index contributed by atoms with van der Waals surface area (Å²) in [7, 11) is 0. The molecule has 1 aromatic rings. The molecule has 80 valence electrons. The Hall–Kier alpha value is -1.16. The second-order valence-corrected chi connectivity index (χ2v) is 4.56. The molecule has 0 saturated carbocycles. The molecule has 1 N–H and O–H groups in total. The second-order valence-electron chi connectivity index (χ2n) is 3.64. The van der Waals surface area contributed by atoms with Crippen LogP contribution in [0.5, 0.6) is 0 Å². The molecule has 1 aliphatic rings. The molecule has 0 radical (unpaired) electrons. The van der Waals surface area contributed by atoms with E-state index in [1.54, 1.807) is 0 Å². The molecule has 1 atom stereocenters. The van der Waals surface area contributed by atoms with Crippen LogP contribution >= 0.6 is 11.3 Å². The topological polar surface area (TPSA) is 46.2 Å². The Labute approximate surface area is 92.5 Å². The van der Waals surface area contributed by atoms with Crippen molar-refractivity contribution >= 4 is 23.0 Å². The smallest absolute Gasteiger partial charge is 0.220 e. The zero-order chi connectivity index (χ0) is 10.8. The van der Waals surface area contributed by atoms with Crippen molar-refractivity contribution in [1.82, 2.24) is 5.32 Å². The molecule has 3 nitrogen and oxygen atoms in total. The van der Waals surface area contributed by atoms with Gasteiger partial charge < -0.3 is 5.32 Å². The number of fused-ring (bicyclic) bond motifs is 1. The molecule has 4 heteroatoms. The van der Waals surface area contributed by atoms with Crippen LogP contribution in [0.3, 0.4) is 0 Å². The summed E-state index contributed by atoms with van der Waals surface area (Å²) in [5.41, 5.74) is 0.998. The van der Waals surface area contributed by atoms with E-state index in [2.05, 4.69) is 5.32 Å². The summed E-state index contributed by atoms with van der Waals surface area (Å²) in [6.45, 7) is 1.83. The summed E-state index contributed by atoms with van der Waals surface area (Å²) in [6.07, 6.45) is 1.76. The van der Waals surface area contributed by atoms with Gasteiger partial charge in [0.2, 0.25) is 5.91 Å². The molecule has 1 amide bonds. The lowest BCUT2D eigenvalue weighted by Gasteiger charge is -2.22. The highest BCUT2D eigenvalue weighted by atomic mass is 32.1. The number of hydrogen-bond donors (Lipinski definition) is 1. The Morgan fingerprint density at radius 3 is 3.20 bits per heavy atom. The van der Waals surface area contributed by atoms with E-state index in [0.717, 1.165) is 16.9 Å². The normalized spacial score (nSPS) is 19.8. The van der Waals surface area contributed by atoms with Crippen LogP contribution in [0.2, 0.25) is 0 Å². The Morgan fingerprint density at radius 2 is 2.47 bits per heavy atom. The minimum atomic E-state index is 0.0383. The largest absolute Gasteiger partial charge is 0.349 e. The van der Waals surface area contributed by atoms with Crippen LogP contribution < -0.4 is 5.32 Å². The third-order valence-corrected chi connectivity index (χ3v) is 3.61. The van der Waals surface area contributed by atoms with Gasteiger partial charge in [0, 0.05) is 12.8 Å². The zero-order valence-corrected chi connectivity index (χ0v) is 9.39. The van der Waals surface area contributed by atoms with Gasteiger partial charge in [-0.2, -0.15) is 0 Å². The van der Waals surface area contributed by atoms with Crippen LogP contribution in [0.15, 0.2) is 11.4 Å². The van der Waals surface area contributed by atoms with E-state index in [9.17, 15) is 9.59 Å². The molecule has 0 saturated heterocycles. The van der Waals surface area contributed by atoms with Crippen LogP contribution in [-0.2, 0) is 4.79 Å². The van der Waals surface area contributed by atoms with Crippen LogP contribution in [-0.4, -0.2) is 11.7 Å². The van der Waals surface area contributed by atoms with Crippen molar-refractivity contribution in [2.45, 2.75) is 32.2 Å². The van der Waals surface area contributed by atoms with Crippen molar-refractivity contribution in [3.8, 4) is 0 Å². The molecule has 1 aliphatic carbocycles. The van der Waals surface area contributed by atoms with E-state index < -0.39 is 0 Å². The van der Waals surface area contributed by atoms with Gasteiger partial charge in [-0.1, -0.05) is 6.92 Å². The Bertz CT molecular complexity index is 397. The lowest BCUT2D eigenvalue weighted by molar-refractivity contribution is -0.121. The van der Waals surface area contributed by atoms with Crippen molar-refractivity contribution in [3.05, 3.63) is 21.9 Å². The molecule has 15 heavy (non-hydrogen) atoms. The number of rotatable bonds is 2. The first-order chi connectivity index (χ1) is 7.22. The van der Waals surface area contributed by atoms with Gasteiger partial charge in [-0.25, -0.2) is 0 Å². The van der Waals surface area contributed by atoms with Gasteiger partial charge in [0.15, 0.2) is 5.78 Å². The summed E-state index contributed by atoms with van der Waals surface area (Å²) in [4.78, 5) is 23.7. The van der Waals surface area contributed by atoms with Gasteiger partial charge in [-0.3, -0.25) is 9.59 Å². The van der Waals surface area contributed by atoms with E-state index in [1.807, 2.05) is 18.4 Å². The van der Waals surface area contributed by atoms with Crippen molar-refractivity contribution in [2.75, 3.05) is 0 Å². The lowest BCUT2D eigenvalue weighted by atomic mass is 9.93. The monoisotopic (exact) mass is 223 g/mol. The third-order valence-electron chi connectivity index (χ3n) is 2.64. The molecule has 0 bridgehead atoms. The molecule has 0 fully saturated rings. The average molecular weight is 223 g/mol. The van der Waals surface area contributed by atoms with Crippen LogP contribution in [0.1, 0.15) is 47.5 Å². The maximum Gasteiger partial charge on any atom is 0.220 e.